The number of rotatable bonds is 3. The second kappa shape index (κ2) is 9.12. The maximum atomic E-state index is 13.6. The Morgan fingerprint density at radius 1 is 1.14 bits per heavy atom. The largest absolute Gasteiger partial charge is 0.371 e. The number of aromatic nitrogens is 4. The van der Waals surface area contributed by atoms with E-state index >= 15 is 0 Å². The normalized spacial score (nSPS) is 23.7. The van der Waals surface area contributed by atoms with Gasteiger partial charge in [0.05, 0.1) is 36.9 Å². The SMILES string of the molecule is [C-]#[N+]c1c(C)ccc([C@@H]2CN3CCN(C(=O)C4CCc5cc(-n6cnnn6)ccc54)C[C@H]3CO2)c1C. The summed E-state index contributed by atoms with van der Waals surface area (Å²) in [5.74, 6) is 0.135. The number of nitrogens with zero attached hydrogens (tertiary/aromatic N) is 7. The number of hydrogen-bond acceptors (Lipinski definition) is 6. The van der Waals surface area contributed by atoms with Crippen LogP contribution in [0, 0.1) is 20.4 Å². The summed E-state index contributed by atoms with van der Waals surface area (Å²) >= 11 is 0. The molecule has 0 radical (unpaired) electrons. The van der Waals surface area contributed by atoms with Gasteiger partial charge in [0, 0.05) is 26.2 Å². The molecule has 184 valence electrons. The predicted octanol–water partition coefficient (Wildman–Crippen LogP) is 3.14. The lowest BCUT2D eigenvalue weighted by atomic mass is 9.95. The number of amides is 1. The number of morpholine rings is 1. The molecule has 3 heterocycles. The number of piperazine rings is 1. The van der Waals surface area contributed by atoms with Crippen molar-refractivity contribution in [3.63, 3.8) is 0 Å². The molecule has 0 spiro atoms. The lowest BCUT2D eigenvalue weighted by Crippen LogP contribution is -2.60. The summed E-state index contributed by atoms with van der Waals surface area (Å²) in [4.78, 5) is 21.8. The molecule has 2 fully saturated rings. The molecule has 1 aliphatic carbocycles. The molecule has 1 aromatic heterocycles. The molecule has 0 saturated carbocycles. The minimum absolute atomic E-state index is 0.0410. The van der Waals surface area contributed by atoms with Gasteiger partial charge in [-0.3, -0.25) is 9.69 Å². The monoisotopic (exact) mass is 483 g/mol. The number of aryl methyl sites for hydroxylation is 2. The quantitative estimate of drug-likeness (QED) is 0.533. The van der Waals surface area contributed by atoms with Gasteiger partial charge in [-0.1, -0.05) is 18.2 Å². The highest BCUT2D eigenvalue weighted by Gasteiger charge is 2.39. The predicted molar refractivity (Wildman–Crippen MR) is 133 cm³/mol. The minimum atomic E-state index is -0.0889. The molecular weight excluding hydrogens is 454 g/mol. The summed E-state index contributed by atoms with van der Waals surface area (Å²) in [6.07, 6.45) is 3.27. The van der Waals surface area contributed by atoms with Gasteiger partial charge in [0.1, 0.15) is 6.33 Å². The number of tetrazole rings is 1. The van der Waals surface area contributed by atoms with Crippen molar-refractivity contribution >= 4 is 11.6 Å². The van der Waals surface area contributed by atoms with Crippen LogP contribution >= 0.6 is 0 Å². The molecule has 2 aromatic carbocycles. The van der Waals surface area contributed by atoms with Crippen molar-refractivity contribution in [3.8, 4) is 5.69 Å². The van der Waals surface area contributed by atoms with Crippen LogP contribution in [0.1, 0.15) is 46.3 Å². The van der Waals surface area contributed by atoms with Crippen molar-refractivity contribution < 1.29 is 9.53 Å². The van der Waals surface area contributed by atoms with Gasteiger partial charge < -0.3 is 9.64 Å². The van der Waals surface area contributed by atoms with Gasteiger partial charge >= 0.3 is 0 Å². The van der Waals surface area contributed by atoms with Crippen molar-refractivity contribution in [1.29, 1.82) is 0 Å². The van der Waals surface area contributed by atoms with Crippen LogP contribution in [-0.2, 0) is 16.0 Å². The summed E-state index contributed by atoms with van der Waals surface area (Å²) in [7, 11) is 0. The Bertz CT molecular complexity index is 1350. The zero-order chi connectivity index (χ0) is 24.8. The van der Waals surface area contributed by atoms with E-state index in [2.05, 4.69) is 43.5 Å². The Hall–Kier alpha value is -3.61. The highest BCUT2D eigenvalue weighted by molar-refractivity contribution is 5.85. The number of ether oxygens (including phenoxy) is 1. The highest BCUT2D eigenvalue weighted by atomic mass is 16.5. The Labute approximate surface area is 210 Å². The Balaban J connectivity index is 1.12. The van der Waals surface area contributed by atoms with Crippen molar-refractivity contribution in [2.75, 3.05) is 32.8 Å². The molecule has 6 rings (SSSR count). The van der Waals surface area contributed by atoms with Gasteiger partial charge in [-0.05, 0) is 77.1 Å². The second-order valence-electron chi connectivity index (χ2n) is 10.0. The first-order chi connectivity index (χ1) is 17.5. The molecule has 0 N–H and O–H groups in total. The van der Waals surface area contributed by atoms with Crippen LogP contribution in [0.5, 0.6) is 0 Å². The molecule has 9 heteroatoms. The van der Waals surface area contributed by atoms with Gasteiger partial charge in [-0.15, -0.1) is 5.10 Å². The van der Waals surface area contributed by atoms with E-state index in [4.69, 9.17) is 11.3 Å². The van der Waals surface area contributed by atoms with Gasteiger partial charge in [-0.2, -0.15) is 0 Å². The number of hydrogen-bond donors (Lipinski definition) is 0. The number of carbonyl (C=O) groups excluding carboxylic acids is 1. The van der Waals surface area contributed by atoms with Crippen LogP contribution in [0.15, 0.2) is 36.7 Å². The first-order valence-corrected chi connectivity index (χ1v) is 12.5. The standard InChI is InChI=1S/C27H29N7O2/c1-17-4-7-22(18(2)26(17)28-3)25-14-32-10-11-33(13-21(32)15-36-25)27(35)24-8-5-19-12-20(6-9-23(19)24)34-16-29-30-31-34/h4,6-7,9,12,16,21,24-25H,5,8,10-11,13-15H2,1-2H3/t21-,24?,25-/m0/s1. The average Bonchev–Trinajstić information content (AvgIpc) is 3.58. The van der Waals surface area contributed by atoms with Crippen LogP contribution in [-0.4, -0.2) is 74.7 Å². The molecule has 3 aliphatic rings. The molecule has 2 saturated heterocycles. The summed E-state index contributed by atoms with van der Waals surface area (Å²) in [6, 6.07) is 10.5. The van der Waals surface area contributed by atoms with Crippen molar-refractivity contribution in [1.82, 2.24) is 30.0 Å². The Morgan fingerprint density at radius 2 is 2.00 bits per heavy atom. The number of benzene rings is 2. The van der Waals surface area contributed by atoms with E-state index in [0.29, 0.717) is 13.2 Å². The zero-order valence-electron chi connectivity index (χ0n) is 20.6. The summed E-state index contributed by atoms with van der Waals surface area (Å²) in [5.41, 5.74) is 7.11. The fraction of sp³-hybridized carbons (Fsp3) is 0.444. The lowest BCUT2D eigenvalue weighted by Gasteiger charge is -2.46. The lowest BCUT2D eigenvalue weighted by molar-refractivity contribution is -0.141. The maximum absolute atomic E-state index is 13.6. The Kier molecular flexibility index (Phi) is 5.78. The topological polar surface area (TPSA) is 80.7 Å². The maximum Gasteiger partial charge on any atom is 0.230 e. The van der Waals surface area contributed by atoms with Gasteiger partial charge in [0.15, 0.2) is 5.69 Å². The van der Waals surface area contributed by atoms with E-state index in [-0.39, 0.29) is 24.0 Å². The van der Waals surface area contributed by atoms with E-state index in [1.165, 1.54) is 5.56 Å². The van der Waals surface area contributed by atoms with E-state index < -0.39 is 0 Å². The van der Waals surface area contributed by atoms with E-state index in [0.717, 1.165) is 66.1 Å². The molecular formula is C27H29N7O2. The van der Waals surface area contributed by atoms with Crippen molar-refractivity contribution in [2.45, 2.75) is 44.8 Å². The molecule has 2 aliphatic heterocycles. The average molecular weight is 484 g/mol. The van der Waals surface area contributed by atoms with Crippen molar-refractivity contribution in [2.24, 2.45) is 0 Å². The third kappa shape index (κ3) is 3.87. The first-order valence-electron chi connectivity index (χ1n) is 12.5. The third-order valence-corrected chi connectivity index (χ3v) is 8.06. The Morgan fingerprint density at radius 3 is 2.81 bits per heavy atom. The molecule has 0 bridgehead atoms. The zero-order valence-corrected chi connectivity index (χ0v) is 20.6. The van der Waals surface area contributed by atoms with Crippen LogP contribution in [0.3, 0.4) is 0 Å². The second-order valence-corrected chi connectivity index (χ2v) is 10.0. The molecule has 9 nitrogen and oxygen atoms in total. The summed E-state index contributed by atoms with van der Waals surface area (Å²) in [6.45, 7) is 15.2. The molecule has 36 heavy (non-hydrogen) atoms. The van der Waals surface area contributed by atoms with Gasteiger partial charge in [0.25, 0.3) is 0 Å². The summed E-state index contributed by atoms with van der Waals surface area (Å²) < 4.78 is 7.96. The molecule has 3 aromatic rings. The summed E-state index contributed by atoms with van der Waals surface area (Å²) in [5, 5.41) is 11.4. The molecule has 1 amide bonds. The minimum Gasteiger partial charge on any atom is -0.371 e. The van der Waals surface area contributed by atoms with E-state index in [1.54, 1.807) is 11.0 Å². The first kappa shape index (κ1) is 22.8. The fourth-order valence-corrected chi connectivity index (χ4v) is 6.05. The molecule has 1 unspecified atom stereocenters. The fourth-order valence-electron chi connectivity index (χ4n) is 6.05. The van der Waals surface area contributed by atoms with E-state index in [9.17, 15) is 4.79 Å². The van der Waals surface area contributed by atoms with Gasteiger partial charge in [0.2, 0.25) is 5.91 Å². The van der Waals surface area contributed by atoms with Crippen LogP contribution in [0.2, 0.25) is 0 Å². The number of carbonyl (C=O) groups is 1. The number of fused-ring (bicyclic) bond motifs is 2. The van der Waals surface area contributed by atoms with Crippen molar-refractivity contribution in [3.05, 3.63) is 75.9 Å². The van der Waals surface area contributed by atoms with Crippen LogP contribution in [0.4, 0.5) is 5.69 Å². The molecule has 3 atom stereocenters. The van der Waals surface area contributed by atoms with Crippen LogP contribution < -0.4 is 0 Å². The van der Waals surface area contributed by atoms with Crippen LogP contribution in [0.25, 0.3) is 10.5 Å². The van der Waals surface area contributed by atoms with E-state index in [1.807, 2.05) is 30.9 Å². The third-order valence-electron chi connectivity index (χ3n) is 8.06. The highest BCUT2D eigenvalue weighted by Crippen LogP contribution is 2.37. The van der Waals surface area contributed by atoms with Gasteiger partial charge in [-0.25, -0.2) is 9.53 Å². The smallest absolute Gasteiger partial charge is 0.230 e.